The molecule has 1 amide bonds. The Labute approximate surface area is 167 Å². The summed E-state index contributed by atoms with van der Waals surface area (Å²) in [5.74, 6) is 0.593. The van der Waals surface area contributed by atoms with Crippen LogP contribution in [-0.4, -0.2) is 42.9 Å². The van der Waals surface area contributed by atoms with Gasteiger partial charge in [-0.3, -0.25) is 4.79 Å². The third-order valence-electron chi connectivity index (χ3n) is 5.12. The van der Waals surface area contributed by atoms with E-state index in [1.165, 1.54) is 5.56 Å². The summed E-state index contributed by atoms with van der Waals surface area (Å²) < 4.78 is 29.8. The Bertz CT molecular complexity index is 894. The highest BCUT2D eigenvalue weighted by molar-refractivity contribution is 7.91. The molecule has 0 unspecified atom stereocenters. The van der Waals surface area contributed by atoms with Crippen molar-refractivity contribution in [1.82, 2.24) is 4.90 Å². The van der Waals surface area contributed by atoms with Crippen molar-refractivity contribution in [3.8, 4) is 5.75 Å². The van der Waals surface area contributed by atoms with Gasteiger partial charge in [-0.1, -0.05) is 49.4 Å². The molecule has 1 fully saturated rings. The first-order chi connectivity index (χ1) is 13.4. The van der Waals surface area contributed by atoms with E-state index < -0.39 is 15.9 Å². The molecule has 0 aliphatic carbocycles. The predicted octanol–water partition coefficient (Wildman–Crippen LogP) is 3.23. The molecule has 5 nitrogen and oxygen atoms in total. The summed E-state index contributed by atoms with van der Waals surface area (Å²) in [6, 6.07) is 17.0. The number of hydrogen-bond acceptors (Lipinski definition) is 4. The van der Waals surface area contributed by atoms with E-state index in [1.807, 2.05) is 54.6 Å². The number of carbonyl (C=O) groups is 1. The van der Waals surface area contributed by atoms with E-state index in [4.69, 9.17) is 4.74 Å². The first-order valence-electron chi connectivity index (χ1n) is 9.68. The standard InChI is InChI=1S/C22H27NO4S/c1-3-18-9-11-21(12-10-18)27-17(2)22(24)23(15-19-7-5-4-6-8-19)20-13-14-28(25,26)16-20/h4-12,17,20H,3,13-16H2,1-2H3/t17-,20+/m1/s1. The Morgan fingerprint density at radius 2 is 1.79 bits per heavy atom. The largest absolute Gasteiger partial charge is 0.481 e. The van der Waals surface area contributed by atoms with Gasteiger partial charge in [0.25, 0.3) is 5.91 Å². The van der Waals surface area contributed by atoms with Crippen LogP contribution in [0.15, 0.2) is 54.6 Å². The van der Waals surface area contributed by atoms with Gasteiger partial charge in [-0.25, -0.2) is 8.42 Å². The molecule has 1 aliphatic heterocycles. The Morgan fingerprint density at radius 1 is 1.11 bits per heavy atom. The summed E-state index contributed by atoms with van der Waals surface area (Å²) in [6.45, 7) is 4.18. The van der Waals surface area contributed by atoms with Gasteiger partial charge in [0.1, 0.15) is 5.75 Å². The van der Waals surface area contributed by atoms with Gasteiger partial charge in [-0.15, -0.1) is 0 Å². The maximum Gasteiger partial charge on any atom is 0.263 e. The lowest BCUT2D eigenvalue weighted by molar-refractivity contribution is -0.140. The molecule has 0 spiro atoms. The zero-order valence-electron chi connectivity index (χ0n) is 16.4. The molecule has 2 atom stereocenters. The van der Waals surface area contributed by atoms with Crippen LogP contribution in [0.4, 0.5) is 0 Å². The van der Waals surface area contributed by atoms with E-state index in [0.29, 0.717) is 18.7 Å². The molecule has 0 bridgehead atoms. The molecule has 0 aromatic heterocycles. The Morgan fingerprint density at radius 3 is 2.36 bits per heavy atom. The van der Waals surface area contributed by atoms with Crippen LogP contribution >= 0.6 is 0 Å². The van der Waals surface area contributed by atoms with Crippen molar-refractivity contribution in [3.05, 3.63) is 65.7 Å². The monoisotopic (exact) mass is 401 g/mol. The molecule has 150 valence electrons. The van der Waals surface area contributed by atoms with E-state index in [2.05, 4.69) is 6.92 Å². The number of carbonyl (C=O) groups excluding carboxylic acids is 1. The highest BCUT2D eigenvalue weighted by atomic mass is 32.2. The molecule has 1 heterocycles. The van der Waals surface area contributed by atoms with Gasteiger partial charge in [0, 0.05) is 12.6 Å². The number of sulfone groups is 1. The van der Waals surface area contributed by atoms with Crippen molar-refractivity contribution in [2.45, 2.75) is 45.4 Å². The highest BCUT2D eigenvalue weighted by Gasteiger charge is 2.36. The lowest BCUT2D eigenvalue weighted by atomic mass is 10.1. The smallest absolute Gasteiger partial charge is 0.263 e. The van der Waals surface area contributed by atoms with Crippen molar-refractivity contribution in [2.75, 3.05) is 11.5 Å². The number of ether oxygens (including phenoxy) is 1. The minimum Gasteiger partial charge on any atom is -0.481 e. The quantitative estimate of drug-likeness (QED) is 0.715. The number of hydrogen-bond donors (Lipinski definition) is 0. The number of nitrogens with zero attached hydrogens (tertiary/aromatic N) is 1. The van der Waals surface area contributed by atoms with Crippen LogP contribution in [0.2, 0.25) is 0 Å². The van der Waals surface area contributed by atoms with Gasteiger partial charge in [0.2, 0.25) is 0 Å². The fourth-order valence-electron chi connectivity index (χ4n) is 3.48. The minimum atomic E-state index is -3.09. The van der Waals surface area contributed by atoms with Gasteiger partial charge in [0.05, 0.1) is 11.5 Å². The maximum atomic E-state index is 13.2. The maximum absolute atomic E-state index is 13.2. The molecule has 0 radical (unpaired) electrons. The Hall–Kier alpha value is -2.34. The lowest BCUT2D eigenvalue weighted by Gasteiger charge is -2.31. The first kappa shape index (κ1) is 20.4. The van der Waals surface area contributed by atoms with Gasteiger partial charge in [-0.05, 0) is 43.0 Å². The minimum absolute atomic E-state index is 0.0174. The second-order valence-electron chi connectivity index (χ2n) is 7.27. The molecule has 28 heavy (non-hydrogen) atoms. The Kier molecular flexibility index (Phi) is 6.39. The predicted molar refractivity (Wildman–Crippen MR) is 110 cm³/mol. The SMILES string of the molecule is CCc1ccc(O[C@H](C)C(=O)N(Cc2ccccc2)[C@H]2CCS(=O)(=O)C2)cc1. The number of benzene rings is 2. The van der Waals surface area contributed by atoms with E-state index in [1.54, 1.807) is 11.8 Å². The van der Waals surface area contributed by atoms with Crippen LogP contribution in [-0.2, 0) is 27.6 Å². The summed E-state index contributed by atoms with van der Waals surface area (Å²) in [6.07, 6.45) is 0.716. The summed E-state index contributed by atoms with van der Waals surface area (Å²) in [5.41, 5.74) is 2.17. The normalized spacial score (nSPS) is 19.1. The van der Waals surface area contributed by atoms with E-state index in [-0.39, 0.29) is 23.5 Å². The van der Waals surface area contributed by atoms with Gasteiger partial charge in [0.15, 0.2) is 15.9 Å². The van der Waals surface area contributed by atoms with Crippen LogP contribution in [0.5, 0.6) is 5.75 Å². The molecular weight excluding hydrogens is 374 g/mol. The van der Waals surface area contributed by atoms with Crippen LogP contribution in [0.3, 0.4) is 0 Å². The van der Waals surface area contributed by atoms with Gasteiger partial charge in [-0.2, -0.15) is 0 Å². The second-order valence-corrected chi connectivity index (χ2v) is 9.49. The van der Waals surface area contributed by atoms with Crippen LogP contribution < -0.4 is 4.74 Å². The molecular formula is C22H27NO4S. The Balaban J connectivity index is 1.76. The summed E-state index contributed by atoms with van der Waals surface area (Å²) in [7, 11) is -3.09. The summed E-state index contributed by atoms with van der Waals surface area (Å²) >= 11 is 0. The number of aryl methyl sites for hydroxylation is 1. The fraction of sp³-hybridized carbons (Fsp3) is 0.409. The van der Waals surface area contributed by atoms with Gasteiger partial charge < -0.3 is 9.64 Å². The third kappa shape index (κ3) is 5.13. The van der Waals surface area contributed by atoms with E-state index in [9.17, 15) is 13.2 Å². The van der Waals surface area contributed by atoms with Crippen LogP contribution in [0, 0.1) is 0 Å². The third-order valence-corrected chi connectivity index (χ3v) is 6.87. The molecule has 2 aromatic rings. The van der Waals surface area contributed by atoms with Crippen molar-refractivity contribution < 1.29 is 17.9 Å². The second kappa shape index (κ2) is 8.78. The lowest BCUT2D eigenvalue weighted by Crippen LogP contribution is -2.46. The zero-order valence-corrected chi connectivity index (χ0v) is 17.2. The van der Waals surface area contributed by atoms with Crippen LogP contribution in [0.1, 0.15) is 31.4 Å². The van der Waals surface area contributed by atoms with E-state index >= 15 is 0 Å². The molecule has 1 aliphatic rings. The summed E-state index contributed by atoms with van der Waals surface area (Å²) in [5, 5.41) is 0. The molecule has 1 saturated heterocycles. The van der Waals surface area contributed by atoms with E-state index in [0.717, 1.165) is 12.0 Å². The molecule has 0 saturated carbocycles. The zero-order chi connectivity index (χ0) is 20.1. The molecule has 2 aromatic carbocycles. The summed E-state index contributed by atoms with van der Waals surface area (Å²) in [4.78, 5) is 14.9. The van der Waals surface area contributed by atoms with Crippen LogP contribution in [0.25, 0.3) is 0 Å². The van der Waals surface area contributed by atoms with Crippen molar-refractivity contribution in [1.29, 1.82) is 0 Å². The number of rotatable bonds is 7. The molecule has 6 heteroatoms. The topological polar surface area (TPSA) is 63.7 Å². The van der Waals surface area contributed by atoms with Gasteiger partial charge >= 0.3 is 0 Å². The first-order valence-corrected chi connectivity index (χ1v) is 11.5. The average Bonchev–Trinajstić information content (AvgIpc) is 3.06. The van der Waals surface area contributed by atoms with Crippen molar-refractivity contribution >= 4 is 15.7 Å². The molecule has 0 N–H and O–H groups in total. The van der Waals surface area contributed by atoms with Crippen molar-refractivity contribution in [2.24, 2.45) is 0 Å². The highest BCUT2D eigenvalue weighted by Crippen LogP contribution is 2.22. The average molecular weight is 402 g/mol. The molecule has 3 rings (SSSR count). The fourth-order valence-corrected chi connectivity index (χ4v) is 5.21. The number of amides is 1. The van der Waals surface area contributed by atoms with Crippen molar-refractivity contribution in [3.63, 3.8) is 0 Å².